The molecule has 3 N–H and O–H groups in total. The second-order valence-electron chi connectivity index (χ2n) is 9.29. The van der Waals surface area contributed by atoms with E-state index in [1.54, 1.807) is 0 Å². The van der Waals surface area contributed by atoms with Crippen LogP contribution in [0.25, 0.3) is 0 Å². The number of hydrogen-bond acceptors (Lipinski definition) is 6. The molecular formula is C23H36N2O4. The zero-order chi connectivity index (χ0) is 21.0. The van der Waals surface area contributed by atoms with Gasteiger partial charge in [0.25, 0.3) is 0 Å². The average molecular weight is 405 g/mol. The third kappa shape index (κ3) is 4.92. The van der Waals surface area contributed by atoms with Gasteiger partial charge in [-0.15, -0.1) is 0 Å². The molecule has 2 aliphatic carbocycles. The lowest BCUT2D eigenvalue weighted by atomic mass is 9.64. The third-order valence-electron chi connectivity index (χ3n) is 6.29. The molecule has 0 aromatic heterocycles. The quantitative estimate of drug-likeness (QED) is 0.500. The van der Waals surface area contributed by atoms with Crippen molar-refractivity contribution in [2.45, 2.75) is 65.7 Å². The Labute approximate surface area is 174 Å². The summed E-state index contributed by atoms with van der Waals surface area (Å²) in [6.45, 7) is 7.50. The first-order valence-corrected chi connectivity index (χ1v) is 11.1. The Bertz CT molecular complexity index is 702. The Morgan fingerprint density at radius 2 is 1.93 bits per heavy atom. The normalized spacial score (nSPS) is 25.0. The number of esters is 1. The topological polar surface area (TPSA) is 90.7 Å². The highest BCUT2D eigenvalue weighted by Gasteiger charge is 2.46. The molecule has 1 heterocycles. The summed E-state index contributed by atoms with van der Waals surface area (Å²) in [7, 11) is 0. The lowest BCUT2D eigenvalue weighted by molar-refractivity contribution is -0.139. The van der Waals surface area contributed by atoms with Crippen LogP contribution in [0, 0.1) is 17.3 Å². The molecule has 1 unspecified atom stereocenters. The summed E-state index contributed by atoms with van der Waals surface area (Å²) in [5, 5.41) is 3.43. The Morgan fingerprint density at radius 3 is 2.59 bits per heavy atom. The first kappa shape index (κ1) is 22.0. The van der Waals surface area contributed by atoms with E-state index in [-0.39, 0.29) is 29.7 Å². The number of carbonyl (C=O) groups is 2. The highest BCUT2D eigenvalue weighted by molar-refractivity contribution is 6.02. The molecule has 3 aliphatic rings. The molecule has 0 aromatic rings. The maximum Gasteiger partial charge on any atom is 0.336 e. The average Bonchev–Trinajstić information content (AvgIpc) is 2.67. The Kier molecular flexibility index (Phi) is 7.17. The zero-order valence-corrected chi connectivity index (χ0v) is 18.1. The summed E-state index contributed by atoms with van der Waals surface area (Å²) >= 11 is 0. The summed E-state index contributed by atoms with van der Waals surface area (Å²) < 4.78 is 11.2. The number of ether oxygens (including phenoxy) is 2. The smallest absolute Gasteiger partial charge is 0.336 e. The molecule has 1 fully saturated rings. The van der Waals surface area contributed by atoms with Gasteiger partial charge in [0.05, 0.1) is 31.1 Å². The minimum absolute atomic E-state index is 0.0926. The molecule has 6 nitrogen and oxygen atoms in total. The molecule has 6 heteroatoms. The van der Waals surface area contributed by atoms with Crippen LogP contribution in [0.4, 0.5) is 0 Å². The lowest BCUT2D eigenvalue weighted by Crippen LogP contribution is -2.43. The molecule has 0 spiro atoms. The van der Waals surface area contributed by atoms with Gasteiger partial charge in [0, 0.05) is 30.2 Å². The number of Topliss-reactive ketones (excluding diaryl/α,β-unsaturated/α-hetero) is 1. The van der Waals surface area contributed by atoms with Gasteiger partial charge in [-0.2, -0.15) is 0 Å². The Balaban J connectivity index is 2.06. The van der Waals surface area contributed by atoms with E-state index in [1.165, 1.54) is 6.42 Å². The summed E-state index contributed by atoms with van der Waals surface area (Å²) in [6.07, 6.45) is 6.91. The van der Waals surface area contributed by atoms with Gasteiger partial charge in [-0.1, -0.05) is 33.1 Å². The van der Waals surface area contributed by atoms with Crippen LogP contribution >= 0.6 is 0 Å². The van der Waals surface area contributed by atoms with Crippen LogP contribution in [0.3, 0.4) is 0 Å². The largest absolute Gasteiger partial charge is 0.463 e. The van der Waals surface area contributed by atoms with Crippen molar-refractivity contribution in [3.8, 4) is 0 Å². The first-order valence-electron chi connectivity index (χ1n) is 11.1. The van der Waals surface area contributed by atoms with Gasteiger partial charge in [-0.25, -0.2) is 4.79 Å². The van der Waals surface area contributed by atoms with E-state index in [9.17, 15) is 9.59 Å². The summed E-state index contributed by atoms with van der Waals surface area (Å²) in [6, 6.07) is 0. The van der Waals surface area contributed by atoms with Crippen molar-refractivity contribution in [1.29, 1.82) is 0 Å². The number of nitrogens with two attached hydrogens (primary N) is 1. The summed E-state index contributed by atoms with van der Waals surface area (Å²) in [5.74, 6) is -0.0512. The highest BCUT2D eigenvalue weighted by atomic mass is 16.5. The molecule has 3 rings (SSSR count). The number of rotatable bonds is 7. The van der Waals surface area contributed by atoms with Crippen LogP contribution in [0.15, 0.2) is 22.5 Å². The van der Waals surface area contributed by atoms with Crippen molar-refractivity contribution >= 4 is 11.8 Å². The SMILES string of the molecule is CCOC(=O)C1=C(COCCN)NC2=C(C(=O)CC(C)(C)C2)C1C1CCCCC1. The van der Waals surface area contributed by atoms with Gasteiger partial charge < -0.3 is 20.5 Å². The molecule has 29 heavy (non-hydrogen) atoms. The fourth-order valence-corrected chi connectivity index (χ4v) is 5.16. The van der Waals surface area contributed by atoms with E-state index < -0.39 is 0 Å². The second-order valence-corrected chi connectivity index (χ2v) is 9.29. The standard InChI is InChI=1S/C23H36N2O4/c1-4-29-22(27)21-17(14-28-11-10-24)25-16-12-23(2,3)13-18(26)20(16)19(21)15-8-6-5-7-9-15/h15,19,25H,4-14,24H2,1-3H3. The van der Waals surface area contributed by atoms with E-state index in [1.807, 2.05) is 6.92 Å². The van der Waals surface area contributed by atoms with Gasteiger partial charge in [0.1, 0.15) is 0 Å². The Hall–Kier alpha value is -1.66. The van der Waals surface area contributed by atoms with Gasteiger partial charge >= 0.3 is 5.97 Å². The molecule has 0 aromatic carbocycles. The van der Waals surface area contributed by atoms with Crippen molar-refractivity contribution in [1.82, 2.24) is 5.32 Å². The molecule has 1 saturated carbocycles. The maximum absolute atomic E-state index is 13.3. The van der Waals surface area contributed by atoms with Gasteiger partial charge in [-0.05, 0) is 37.5 Å². The predicted octanol–water partition coefficient (Wildman–Crippen LogP) is 3.22. The van der Waals surface area contributed by atoms with E-state index in [4.69, 9.17) is 15.2 Å². The zero-order valence-electron chi connectivity index (χ0n) is 18.1. The molecule has 0 amide bonds. The van der Waals surface area contributed by atoms with Crippen LogP contribution in [0.2, 0.25) is 0 Å². The molecule has 1 aliphatic heterocycles. The van der Waals surface area contributed by atoms with Gasteiger partial charge in [0.15, 0.2) is 5.78 Å². The van der Waals surface area contributed by atoms with Crippen LogP contribution in [-0.4, -0.2) is 38.1 Å². The van der Waals surface area contributed by atoms with Crippen molar-refractivity contribution < 1.29 is 19.1 Å². The summed E-state index contributed by atoms with van der Waals surface area (Å²) in [4.78, 5) is 26.3. The second kappa shape index (κ2) is 9.43. The van der Waals surface area contributed by atoms with E-state index >= 15 is 0 Å². The predicted molar refractivity (Wildman–Crippen MR) is 112 cm³/mol. The molecule has 1 atom stereocenters. The fraction of sp³-hybridized carbons (Fsp3) is 0.739. The van der Waals surface area contributed by atoms with Crippen LogP contribution in [-0.2, 0) is 19.1 Å². The van der Waals surface area contributed by atoms with Crippen LogP contribution in [0.5, 0.6) is 0 Å². The van der Waals surface area contributed by atoms with Crippen molar-refractivity contribution in [2.75, 3.05) is 26.4 Å². The Morgan fingerprint density at radius 1 is 1.21 bits per heavy atom. The number of ketones is 1. The van der Waals surface area contributed by atoms with Crippen LogP contribution in [0.1, 0.15) is 65.7 Å². The van der Waals surface area contributed by atoms with Crippen molar-refractivity contribution in [3.63, 3.8) is 0 Å². The van der Waals surface area contributed by atoms with Crippen molar-refractivity contribution in [3.05, 3.63) is 22.5 Å². The first-order chi connectivity index (χ1) is 13.9. The monoisotopic (exact) mass is 404 g/mol. The summed E-state index contributed by atoms with van der Waals surface area (Å²) in [5.41, 5.74) is 8.63. The minimum atomic E-state index is -0.328. The highest BCUT2D eigenvalue weighted by Crippen LogP contribution is 2.48. The van der Waals surface area contributed by atoms with E-state index in [0.29, 0.717) is 37.7 Å². The molecule has 0 bridgehead atoms. The minimum Gasteiger partial charge on any atom is -0.463 e. The van der Waals surface area contributed by atoms with E-state index in [2.05, 4.69) is 19.2 Å². The van der Waals surface area contributed by atoms with Crippen LogP contribution < -0.4 is 11.1 Å². The number of hydrogen-bond donors (Lipinski definition) is 2. The molecular weight excluding hydrogens is 368 g/mol. The molecule has 0 saturated heterocycles. The van der Waals surface area contributed by atoms with E-state index in [0.717, 1.165) is 49.1 Å². The number of carbonyl (C=O) groups excluding carboxylic acids is 2. The van der Waals surface area contributed by atoms with Gasteiger partial charge in [-0.3, -0.25) is 4.79 Å². The third-order valence-corrected chi connectivity index (χ3v) is 6.29. The van der Waals surface area contributed by atoms with Crippen molar-refractivity contribution in [2.24, 2.45) is 23.0 Å². The number of allylic oxidation sites excluding steroid dienone is 2. The fourth-order valence-electron chi connectivity index (χ4n) is 5.16. The lowest BCUT2D eigenvalue weighted by Gasteiger charge is -2.43. The number of dihydropyridines is 1. The molecule has 162 valence electrons. The molecule has 0 radical (unpaired) electrons. The van der Waals surface area contributed by atoms with Gasteiger partial charge in [0.2, 0.25) is 0 Å². The number of nitrogens with one attached hydrogen (secondary N) is 1. The maximum atomic E-state index is 13.3.